The Kier molecular flexibility index (Phi) is 3.16. The lowest BCUT2D eigenvalue weighted by Gasteiger charge is -2.17. The molecule has 0 amide bonds. The highest BCUT2D eigenvalue weighted by Gasteiger charge is 2.35. The van der Waals surface area contributed by atoms with Gasteiger partial charge in [-0.2, -0.15) is 0 Å². The molecular weight excluding hydrogens is 212 g/mol. The largest absolute Gasteiger partial charge is 0.333 e. The fourth-order valence-corrected chi connectivity index (χ4v) is 3.23. The van der Waals surface area contributed by atoms with E-state index in [1.54, 1.807) is 0 Å². The standard InChI is InChI=1S/C13H22N4/c1-2-3-17-10-15-6-13(17)9-16-7-11-4-14-5-12(11)8-16/h6,10-12,14H,2-5,7-9H2,1H3/t11-,12+. The molecule has 3 rings (SSSR count). The van der Waals surface area contributed by atoms with Crippen LogP contribution in [0.5, 0.6) is 0 Å². The molecule has 0 aromatic carbocycles. The van der Waals surface area contributed by atoms with Gasteiger partial charge in [-0.3, -0.25) is 4.90 Å². The van der Waals surface area contributed by atoms with Gasteiger partial charge in [0, 0.05) is 32.4 Å². The molecule has 1 aromatic rings. The number of nitrogens with one attached hydrogen (secondary N) is 1. The summed E-state index contributed by atoms with van der Waals surface area (Å²) in [5.74, 6) is 1.77. The maximum atomic E-state index is 4.28. The van der Waals surface area contributed by atoms with Crippen molar-refractivity contribution < 1.29 is 0 Å². The van der Waals surface area contributed by atoms with Crippen molar-refractivity contribution in [3.05, 3.63) is 18.2 Å². The van der Waals surface area contributed by atoms with Crippen molar-refractivity contribution in [2.45, 2.75) is 26.4 Å². The Morgan fingerprint density at radius 2 is 2.12 bits per heavy atom. The number of rotatable bonds is 4. The van der Waals surface area contributed by atoms with Crippen LogP contribution in [-0.4, -0.2) is 40.6 Å². The van der Waals surface area contributed by atoms with Crippen molar-refractivity contribution >= 4 is 0 Å². The van der Waals surface area contributed by atoms with E-state index in [2.05, 4.69) is 26.7 Å². The molecule has 2 aliphatic rings. The number of aromatic nitrogens is 2. The van der Waals surface area contributed by atoms with Gasteiger partial charge in [0.25, 0.3) is 0 Å². The first-order valence-corrected chi connectivity index (χ1v) is 6.79. The highest BCUT2D eigenvalue weighted by atomic mass is 15.2. The molecule has 2 saturated heterocycles. The number of aryl methyl sites for hydroxylation is 1. The predicted octanol–water partition coefficient (Wildman–Crippen LogP) is 0.944. The van der Waals surface area contributed by atoms with Crippen LogP contribution in [0.1, 0.15) is 19.0 Å². The molecule has 2 atom stereocenters. The van der Waals surface area contributed by atoms with Crippen LogP contribution in [0.15, 0.2) is 12.5 Å². The Labute approximate surface area is 103 Å². The van der Waals surface area contributed by atoms with Gasteiger partial charge in [-0.15, -0.1) is 0 Å². The van der Waals surface area contributed by atoms with Crippen LogP contribution in [0.4, 0.5) is 0 Å². The van der Waals surface area contributed by atoms with Gasteiger partial charge in [0.15, 0.2) is 0 Å². The molecule has 3 heterocycles. The minimum Gasteiger partial charge on any atom is -0.333 e. The Hall–Kier alpha value is -0.870. The van der Waals surface area contributed by atoms with Gasteiger partial charge in [0.2, 0.25) is 0 Å². The van der Waals surface area contributed by atoms with Crippen LogP contribution in [-0.2, 0) is 13.1 Å². The highest BCUT2D eigenvalue weighted by Crippen LogP contribution is 2.27. The Balaban J connectivity index is 1.61. The second-order valence-corrected chi connectivity index (χ2v) is 5.45. The van der Waals surface area contributed by atoms with Crippen LogP contribution in [0.3, 0.4) is 0 Å². The molecule has 0 bridgehead atoms. The van der Waals surface area contributed by atoms with E-state index in [4.69, 9.17) is 0 Å². The third-order valence-corrected chi connectivity index (χ3v) is 4.11. The summed E-state index contributed by atoms with van der Waals surface area (Å²) in [6.07, 6.45) is 5.18. The van der Waals surface area contributed by atoms with Crippen molar-refractivity contribution in [3.63, 3.8) is 0 Å². The molecule has 0 spiro atoms. The number of fused-ring (bicyclic) bond motifs is 1. The monoisotopic (exact) mass is 234 g/mol. The predicted molar refractivity (Wildman–Crippen MR) is 67.6 cm³/mol. The van der Waals surface area contributed by atoms with Gasteiger partial charge in [-0.05, 0) is 31.3 Å². The normalized spacial score (nSPS) is 28.8. The van der Waals surface area contributed by atoms with Gasteiger partial charge in [-0.1, -0.05) is 6.92 Å². The van der Waals surface area contributed by atoms with E-state index in [1.165, 1.54) is 38.3 Å². The third kappa shape index (κ3) is 2.24. The average molecular weight is 234 g/mol. The van der Waals surface area contributed by atoms with Gasteiger partial charge in [-0.25, -0.2) is 4.98 Å². The fraction of sp³-hybridized carbons (Fsp3) is 0.769. The van der Waals surface area contributed by atoms with E-state index >= 15 is 0 Å². The van der Waals surface area contributed by atoms with E-state index in [1.807, 2.05) is 12.5 Å². The summed E-state index contributed by atoms with van der Waals surface area (Å²) >= 11 is 0. The molecule has 1 N–H and O–H groups in total. The van der Waals surface area contributed by atoms with Crippen LogP contribution in [0, 0.1) is 11.8 Å². The second kappa shape index (κ2) is 4.78. The lowest BCUT2D eigenvalue weighted by atomic mass is 10.0. The zero-order valence-electron chi connectivity index (χ0n) is 10.6. The smallest absolute Gasteiger partial charge is 0.0948 e. The highest BCUT2D eigenvalue weighted by molar-refractivity contribution is 5.01. The van der Waals surface area contributed by atoms with E-state index in [0.717, 1.165) is 24.9 Å². The summed E-state index contributed by atoms with van der Waals surface area (Å²) < 4.78 is 2.30. The van der Waals surface area contributed by atoms with E-state index in [9.17, 15) is 0 Å². The molecule has 0 radical (unpaired) electrons. The summed E-state index contributed by atoms with van der Waals surface area (Å²) in [4.78, 5) is 6.88. The Morgan fingerprint density at radius 1 is 1.35 bits per heavy atom. The maximum absolute atomic E-state index is 4.28. The first kappa shape index (κ1) is 11.2. The first-order valence-electron chi connectivity index (χ1n) is 6.79. The molecule has 0 aliphatic carbocycles. The molecule has 17 heavy (non-hydrogen) atoms. The van der Waals surface area contributed by atoms with Gasteiger partial charge in [0.05, 0.1) is 12.0 Å². The van der Waals surface area contributed by atoms with Crippen molar-refractivity contribution in [1.82, 2.24) is 19.8 Å². The lowest BCUT2D eigenvalue weighted by Crippen LogP contribution is -2.26. The van der Waals surface area contributed by atoms with Crippen LogP contribution in [0.2, 0.25) is 0 Å². The lowest BCUT2D eigenvalue weighted by molar-refractivity contribution is 0.297. The van der Waals surface area contributed by atoms with E-state index in [-0.39, 0.29) is 0 Å². The van der Waals surface area contributed by atoms with E-state index in [0.29, 0.717) is 0 Å². The zero-order valence-corrected chi connectivity index (χ0v) is 10.6. The maximum Gasteiger partial charge on any atom is 0.0948 e. The average Bonchev–Trinajstić information content (AvgIpc) is 2.95. The summed E-state index contributed by atoms with van der Waals surface area (Å²) in [6, 6.07) is 0. The van der Waals surface area contributed by atoms with Gasteiger partial charge >= 0.3 is 0 Å². The van der Waals surface area contributed by atoms with Crippen LogP contribution >= 0.6 is 0 Å². The molecule has 0 saturated carbocycles. The van der Waals surface area contributed by atoms with Crippen molar-refractivity contribution in [1.29, 1.82) is 0 Å². The second-order valence-electron chi connectivity index (χ2n) is 5.45. The summed E-state index contributed by atoms with van der Waals surface area (Å²) in [5, 5.41) is 3.49. The minimum atomic E-state index is 0.887. The molecule has 2 aliphatic heterocycles. The van der Waals surface area contributed by atoms with Crippen molar-refractivity contribution in [2.75, 3.05) is 26.2 Å². The molecule has 1 aromatic heterocycles. The fourth-order valence-electron chi connectivity index (χ4n) is 3.23. The Morgan fingerprint density at radius 3 is 2.82 bits per heavy atom. The summed E-state index contributed by atoms with van der Waals surface area (Å²) in [6.45, 7) is 9.34. The third-order valence-electron chi connectivity index (χ3n) is 4.11. The quantitative estimate of drug-likeness (QED) is 0.842. The molecule has 4 nitrogen and oxygen atoms in total. The zero-order chi connectivity index (χ0) is 11.7. The summed E-state index contributed by atoms with van der Waals surface area (Å²) in [5.41, 5.74) is 1.37. The number of likely N-dealkylation sites (tertiary alicyclic amines) is 1. The van der Waals surface area contributed by atoms with Gasteiger partial charge < -0.3 is 9.88 Å². The number of nitrogens with zero attached hydrogens (tertiary/aromatic N) is 3. The van der Waals surface area contributed by atoms with E-state index < -0.39 is 0 Å². The van der Waals surface area contributed by atoms with Crippen molar-refractivity contribution in [2.24, 2.45) is 11.8 Å². The van der Waals surface area contributed by atoms with Crippen LogP contribution < -0.4 is 5.32 Å². The number of hydrogen-bond donors (Lipinski definition) is 1. The minimum absolute atomic E-state index is 0.887. The Bertz CT molecular complexity index is 361. The summed E-state index contributed by atoms with van der Waals surface area (Å²) in [7, 11) is 0. The van der Waals surface area contributed by atoms with Gasteiger partial charge in [0.1, 0.15) is 0 Å². The molecular formula is C13H22N4. The number of imidazole rings is 1. The SMILES string of the molecule is CCCn1cncc1CN1C[C@H]2CNC[C@H]2C1. The molecule has 0 unspecified atom stereocenters. The molecule has 4 heteroatoms. The molecule has 2 fully saturated rings. The molecule has 94 valence electrons. The number of hydrogen-bond acceptors (Lipinski definition) is 3. The van der Waals surface area contributed by atoms with Crippen LogP contribution in [0.25, 0.3) is 0 Å². The first-order chi connectivity index (χ1) is 8.36. The topological polar surface area (TPSA) is 33.1 Å². The van der Waals surface area contributed by atoms with Crippen molar-refractivity contribution in [3.8, 4) is 0 Å².